The van der Waals surface area contributed by atoms with Crippen LogP contribution in [0.2, 0.25) is 0 Å². The lowest BCUT2D eigenvalue weighted by molar-refractivity contribution is -0.211. The molecule has 0 atom stereocenters. The fraction of sp³-hybridized carbons (Fsp3) is 0.500. The smallest absolute Gasteiger partial charge is 0.333 e. The van der Waals surface area contributed by atoms with E-state index in [0.717, 1.165) is 14.2 Å². The van der Waals surface area contributed by atoms with Crippen molar-refractivity contribution in [3.05, 3.63) is 0 Å². The van der Waals surface area contributed by atoms with Crippen molar-refractivity contribution in [1.82, 2.24) is 0 Å². The first-order chi connectivity index (χ1) is 10.3. The highest BCUT2D eigenvalue weighted by molar-refractivity contribution is 6.28. The Labute approximate surface area is 121 Å². The molecule has 2 heterocycles. The van der Waals surface area contributed by atoms with Crippen LogP contribution in [0.1, 0.15) is 0 Å². The second-order valence-electron chi connectivity index (χ2n) is 5.00. The molecule has 22 heavy (non-hydrogen) atoms. The molecule has 0 aromatic heterocycles. The zero-order valence-electron chi connectivity index (χ0n) is 11.2. The van der Waals surface area contributed by atoms with Crippen LogP contribution in [0.15, 0.2) is 0 Å². The average Bonchev–Trinajstić information content (AvgIpc) is 2.79. The first-order valence-electron chi connectivity index (χ1n) is 6.00. The summed E-state index contributed by atoms with van der Waals surface area (Å²) in [6, 6.07) is 0. The van der Waals surface area contributed by atoms with Gasteiger partial charge in [0.25, 0.3) is 0 Å². The number of esters is 6. The van der Waals surface area contributed by atoms with Gasteiger partial charge < -0.3 is 18.9 Å². The molecule has 0 bridgehead atoms. The normalized spacial score (nSPS) is 38.5. The quantitative estimate of drug-likeness (QED) is 0.311. The molecule has 1 aliphatic carbocycles. The Bertz CT molecular complexity index is 607. The second kappa shape index (κ2) is 3.90. The summed E-state index contributed by atoms with van der Waals surface area (Å²) in [4.78, 5) is 71.9. The monoisotopic (exact) mass is 312 g/mol. The van der Waals surface area contributed by atoms with Crippen LogP contribution in [0, 0.1) is 22.7 Å². The molecule has 0 unspecified atom stereocenters. The molecular formula is C12H8O10. The summed E-state index contributed by atoms with van der Waals surface area (Å²) in [6.45, 7) is 0. The van der Waals surface area contributed by atoms with Crippen molar-refractivity contribution in [1.29, 1.82) is 0 Å². The lowest BCUT2D eigenvalue weighted by atomic mass is 9.40. The van der Waals surface area contributed by atoms with Crippen molar-refractivity contribution in [3.8, 4) is 0 Å². The highest BCUT2D eigenvalue weighted by Gasteiger charge is 2.95. The van der Waals surface area contributed by atoms with Crippen molar-refractivity contribution in [2.24, 2.45) is 22.7 Å². The van der Waals surface area contributed by atoms with Crippen LogP contribution in [-0.4, -0.2) is 50.0 Å². The maximum Gasteiger partial charge on any atom is 0.333 e. The summed E-state index contributed by atoms with van der Waals surface area (Å²) in [5.41, 5.74) is -4.80. The van der Waals surface area contributed by atoms with E-state index in [-0.39, 0.29) is 0 Å². The molecule has 3 rings (SSSR count). The first kappa shape index (κ1) is 14.2. The number of hydrogen-bond donors (Lipinski definition) is 0. The average molecular weight is 312 g/mol. The van der Waals surface area contributed by atoms with Crippen molar-refractivity contribution >= 4 is 35.8 Å². The molecule has 0 N–H and O–H groups in total. The van der Waals surface area contributed by atoms with Crippen molar-refractivity contribution in [3.63, 3.8) is 0 Å². The zero-order chi connectivity index (χ0) is 16.4. The molecular weight excluding hydrogens is 304 g/mol. The van der Waals surface area contributed by atoms with E-state index in [0.29, 0.717) is 0 Å². The van der Waals surface area contributed by atoms with Gasteiger partial charge >= 0.3 is 35.8 Å². The molecule has 116 valence electrons. The van der Waals surface area contributed by atoms with Gasteiger partial charge in [0.1, 0.15) is 11.8 Å². The summed E-state index contributed by atoms with van der Waals surface area (Å²) < 4.78 is 17.7. The molecule has 2 saturated heterocycles. The topological polar surface area (TPSA) is 139 Å². The predicted octanol–water partition coefficient (Wildman–Crippen LogP) is -2.28. The molecule has 2 aliphatic heterocycles. The minimum absolute atomic E-state index is 0.921. The Morgan fingerprint density at radius 2 is 1.14 bits per heavy atom. The lowest BCUT2D eigenvalue weighted by Gasteiger charge is -2.49. The first-order valence-corrected chi connectivity index (χ1v) is 6.00. The standard InChI is InChI=1S/C12H8O10/c1-19-7(15)11-3(5(13)21-9(11)17)12(8(16)20-2)4(11)6(14)22-10(12)18/h3-4H,1-2H3. The lowest BCUT2D eigenvalue weighted by Crippen LogP contribution is -2.73. The van der Waals surface area contributed by atoms with Gasteiger partial charge in [-0.25, -0.2) is 0 Å². The Kier molecular flexibility index (Phi) is 2.51. The highest BCUT2D eigenvalue weighted by atomic mass is 16.6. The van der Waals surface area contributed by atoms with Gasteiger partial charge in [-0.15, -0.1) is 0 Å². The van der Waals surface area contributed by atoms with E-state index in [1.54, 1.807) is 0 Å². The molecule has 3 aliphatic rings. The third kappa shape index (κ3) is 1.07. The van der Waals surface area contributed by atoms with Crippen LogP contribution in [-0.2, 0) is 47.7 Å². The molecule has 10 heteroatoms. The number of carbonyl (C=O) groups is 6. The number of fused-ring (bicyclic) bond motifs is 4. The molecule has 0 amide bonds. The van der Waals surface area contributed by atoms with Gasteiger partial charge in [0.2, 0.25) is 0 Å². The maximum absolute atomic E-state index is 12.1. The van der Waals surface area contributed by atoms with E-state index in [1.165, 1.54) is 0 Å². The highest BCUT2D eigenvalue weighted by Crippen LogP contribution is 2.71. The van der Waals surface area contributed by atoms with Crippen LogP contribution in [0.25, 0.3) is 0 Å². The van der Waals surface area contributed by atoms with Crippen LogP contribution in [0.3, 0.4) is 0 Å². The zero-order valence-corrected chi connectivity index (χ0v) is 11.2. The third-order valence-electron chi connectivity index (χ3n) is 4.40. The Balaban J connectivity index is 2.29. The maximum atomic E-state index is 12.1. The summed E-state index contributed by atoms with van der Waals surface area (Å²) in [6.07, 6.45) is 0. The molecule has 0 aromatic carbocycles. The van der Waals surface area contributed by atoms with E-state index < -0.39 is 58.5 Å². The van der Waals surface area contributed by atoms with Crippen molar-refractivity contribution in [2.75, 3.05) is 14.2 Å². The minimum atomic E-state index is -2.40. The largest absolute Gasteiger partial charge is 0.468 e. The number of carbonyl (C=O) groups excluding carboxylic acids is 6. The molecule has 1 saturated carbocycles. The van der Waals surface area contributed by atoms with Gasteiger partial charge in [0, 0.05) is 0 Å². The van der Waals surface area contributed by atoms with Gasteiger partial charge in [-0.2, -0.15) is 0 Å². The van der Waals surface area contributed by atoms with Gasteiger partial charge in [-0.3, -0.25) is 28.8 Å². The summed E-state index contributed by atoms with van der Waals surface area (Å²) in [7, 11) is 1.84. The predicted molar refractivity (Wildman–Crippen MR) is 58.1 cm³/mol. The number of methoxy groups -OCH3 is 2. The fourth-order valence-electron chi connectivity index (χ4n) is 3.62. The number of ether oxygens (including phenoxy) is 4. The van der Waals surface area contributed by atoms with Crippen LogP contribution in [0.5, 0.6) is 0 Å². The van der Waals surface area contributed by atoms with Gasteiger partial charge in [-0.1, -0.05) is 0 Å². The van der Waals surface area contributed by atoms with E-state index >= 15 is 0 Å². The van der Waals surface area contributed by atoms with Crippen molar-refractivity contribution in [2.45, 2.75) is 0 Å². The van der Waals surface area contributed by atoms with Crippen LogP contribution >= 0.6 is 0 Å². The van der Waals surface area contributed by atoms with E-state index in [2.05, 4.69) is 18.9 Å². The van der Waals surface area contributed by atoms with Gasteiger partial charge in [-0.05, 0) is 0 Å². The van der Waals surface area contributed by atoms with Crippen molar-refractivity contribution < 1.29 is 47.7 Å². The summed E-state index contributed by atoms with van der Waals surface area (Å²) in [5.74, 6) is -11.5. The fourth-order valence-corrected chi connectivity index (χ4v) is 3.62. The summed E-state index contributed by atoms with van der Waals surface area (Å²) >= 11 is 0. The molecule has 0 spiro atoms. The van der Waals surface area contributed by atoms with E-state index in [4.69, 9.17) is 0 Å². The van der Waals surface area contributed by atoms with E-state index in [9.17, 15) is 28.8 Å². The minimum Gasteiger partial charge on any atom is -0.468 e. The van der Waals surface area contributed by atoms with Gasteiger partial charge in [0.15, 0.2) is 10.8 Å². The Morgan fingerprint density at radius 3 is 1.41 bits per heavy atom. The van der Waals surface area contributed by atoms with Crippen LogP contribution < -0.4 is 0 Å². The van der Waals surface area contributed by atoms with Gasteiger partial charge in [0.05, 0.1) is 14.2 Å². The molecule has 0 aromatic rings. The Hall–Kier alpha value is -2.78. The summed E-state index contributed by atoms with van der Waals surface area (Å²) in [5, 5.41) is 0. The SMILES string of the molecule is COC(=O)C12C(=O)OC(=O)C1C1(C(=O)OC)C(=O)OC(=O)C21. The molecule has 10 nitrogen and oxygen atoms in total. The Morgan fingerprint density at radius 1 is 0.818 bits per heavy atom. The van der Waals surface area contributed by atoms with Crippen LogP contribution in [0.4, 0.5) is 0 Å². The number of cyclic esters (lactones) is 4. The molecule has 0 radical (unpaired) electrons. The molecule has 3 fully saturated rings. The van der Waals surface area contributed by atoms with E-state index in [1.807, 2.05) is 0 Å². The second-order valence-corrected chi connectivity index (χ2v) is 5.00. The number of hydrogen-bond acceptors (Lipinski definition) is 10. The number of rotatable bonds is 2. The third-order valence-corrected chi connectivity index (χ3v) is 4.40.